The van der Waals surface area contributed by atoms with Crippen molar-refractivity contribution in [1.82, 2.24) is 0 Å². The molecule has 0 aromatic heterocycles. The van der Waals surface area contributed by atoms with Crippen molar-refractivity contribution in [3.63, 3.8) is 0 Å². The fourth-order valence-electron chi connectivity index (χ4n) is 0.724. The molecule has 0 unspecified atom stereocenters. The predicted octanol–water partition coefficient (Wildman–Crippen LogP) is 2.62. The molecule has 4 heteroatoms. The first-order chi connectivity index (χ1) is 6.37. The Hall–Kier alpha value is -0.730. The maximum Gasteiger partial charge on any atom is 0.307 e. The van der Waals surface area contributed by atoms with E-state index in [9.17, 15) is 4.79 Å². The molecule has 0 spiro atoms. The molecule has 64 valence electrons. The van der Waals surface area contributed by atoms with Gasteiger partial charge in [0.25, 0.3) is 0 Å². The van der Waals surface area contributed by atoms with E-state index in [2.05, 4.69) is 0 Å². The number of rotatable bonds is 2. The summed E-state index contributed by atoms with van der Waals surface area (Å²) < 4.78 is 14.6. The van der Waals surface area contributed by atoms with E-state index >= 15 is 0 Å². The molecule has 0 fully saturated rings. The summed E-state index contributed by atoms with van der Waals surface area (Å²) in [5.74, 6) is -1.62. The lowest BCUT2D eigenvalue weighted by molar-refractivity contribution is -0.136. The SMILES string of the molecule is [2H]C([2H])(C(=O)O)c1c(Cl)cccc1Cl. The molecule has 0 saturated carbocycles. The van der Waals surface area contributed by atoms with Gasteiger partial charge in [-0.1, -0.05) is 29.3 Å². The third kappa shape index (κ3) is 2.13. The minimum Gasteiger partial charge on any atom is -0.481 e. The molecule has 0 amide bonds. The fourth-order valence-corrected chi connectivity index (χ4v) is 1.22. The van der Waals surface area contributed by atoms with Gasteiger partial charge in [-0.2, -0.15) is 0 Å². The van der Waals surface area contributed by atoms with Crippen molar-refractivity contribution in [2.24, 2.45) is 0 Å². The number of benzene rings is 1. The Balaban J connectivity index is 3.38. The first kappa shape index (κ1) is 6.75. The fraction of sp³-hybridized carbons (Fsp3) is 0.125. The molecule has 1 N–H and O–H groups in total. The van der Waals surface area contributed by atoms with Crippen LogP contribution in [0.15, 0.2) is 18.2 Å². The number of hydrogen-bond donors (Lipinski definition) is 1. The van der Waals surface area contributed by atoms with Gasteiger partial charge in [0, 0.05) is 18.4 Å². The summed E-state index contributed by atoms with van der Waals surface area (Å²) in [6.07, 6.45) is -2.57. The van der Waals surface area contributed by atoms with Crippen LogP contribution in [-0.2, 0) is 11.2 Å². The van der Waals surface area contributed by atoms with Crippen LogP contribution in [0.25, 0.3) is 0 Å². The Labute approximate surface area is 82.5 Å². The van der Waals surface area contributed by atoms with Crippen LogP contribution < -0.4 is 0 Å². The van der Waals surface area contributed by atoms with Crippen LogP contribution in [0.4, 0.5) is 0 Å². The molecular weight excluding hydrogens is 199 g/mol. The zero-order chi connectivity index (χ0) is 10.9. The van der Waals surface area contributed by atoms with Crippen molar-refractivity contribution in [1.29, 1.82) is 0 Å². The quantitative estimate of drug-likeness (QED) is 0.809. The molecule has 1 rings (SSSR count). The molecule has 0 saturated heterocycles. The van der Waals surface area contributed by atoms with Crippen LogP contribution in [0.5, 0.6) is 0 Å². The molecule has 12 heavy (non-hydrogen) atoms. The highest BCUT2D eigenvalue weighted by Gasteiger charge is 2.08. The average Bonchev–Trinajstić information content (AvgIpc) is 2.02. The van der Waals surface area contributed by atoms with Gasteiger partial charge in [0.15, 0.2) is 0 Å². The number of carbonyl (C=O) groups is 1. The first-order valence-corrected chi connectivity index (χ1v) is 3.81. The molecule has 0 radical (unpaired) electrons. The normalized spacial score (nSPS) is 13.5. The van der Waals surface area contributed by atoms with Gasteiger partial charge in [0.1, 0.15) is 0 Å². The monoisotopic (exact) mass is 206 g/mol. The minimum absolute atomic E-state index is 0.00454. The van der Waals surface area contributed by atoms with E-state index in [-0.39, 0.29) is 15.6 Å². The summed E-state index contributed by atoms with van der Waals surface area (Å²) in [5, 5.41) is 8.66. The average molecular weight is 207 g/mol. The molecule has 1 aromatic rings. The highest BCUT2D eigenvalue weighted by Crippen LogP contribution is 2.24. The Kier molecular flexibility index (Phi) is 2.13. The summed E-state index contributed by atoms with van der Waals surface area (Å²) in [6.45, 7) is 0. The molecule has 0 aliphatic heterocycles. The second-order valence-electron chi connectivity index (χ2n) is 2.03. The van der Waals surface area contributed by atoms with Crippen LogP contribution in [0.2, 0.25) is 10.0 Å². The minimum atomic E-state index is -2.57. The lowest BCUT2D eigenvalue weighted by atomic mass is 10.1. The maximum atomic E-state index is 10.6. The van der Waals surface area contributed by atoms with Gasteiger partial charge in [0.2, 0.25) is 0 Å². The smallest absolute Gasteiger partial charge is 0.307 e. The van der Waals surface area contributed by atoms with Crippen LogP contribution >= 0.6 is 23.2 Å². The van der Waals surface area contributed by atoms with E-state index in [4.69, 9.17) is 31.0 Å². The highest BCUT2D eigenvalue weighted by atomic mass is 35.5. The summed E-state index contributed by atoms with van der Waals surface area (Å²) in [7, 11) is 0. The van der Waals surface area contributed by atoms with Crippen molar-refractivity contribution in [2.75, 3.05) is 0 Å². The van der Waals surface area contributed by atoms with E-state index < -0.39 is 12.3 Å². The van der Waals surface area contributed by atoms with Crippen LogP contribution in [0, 0.1) is 0 Å². The van der Waals surface area contributed by atoms with E-state index in [1.807, 2.05) is 0 Å². The summed E-state index contributed by atoms with van der Waals surface area (Å²) in [4.78, 5) is 10.6. The summed E-state index contributed by atoms with van der Waals surface area (Å²) in [5.41, 5.74) is -0.212. The highest BCUT2D eigenvalue weighted by molar-refractivity contribution is 6.36. The third-order valence-corrected chi connectivity index (χ3v) is 1.82. The molecule has 0 aliphatic rings. The first-order valence-electron chi connectivity index (χ1n) is 4.05. The van der Waals surface area contributed by atoms with Gasteiger partial charge in [-0.3, -0.25) is 4.79 Å². The number of aliphatic carboxylic acids is 1. The number of carboxylic acid groups (broad SMARTS) is 1. The lowest BCUT2D eigenvalue weighted by Gasteiger charge is -2.02. The van der Waals surface area contributed by atoms with E-state index in [0.29, 0.717) is 0 Å². The molecule has 0 atom stereocenters. The maximum absolute atomic E-state index is 10.6. The largest absolute Gasteiger partial charge is 0.481 e. The van der Waals surface area contributed by atoms with Crippen LogP contribution in [-0.4, -0.2) is 11.1 Å². The molecule has 2 nitrogen and oxygen atoms in total. The third-order valence-electron chi connectivity index (χ3n) is 1.19. The van der Waals surface area contributed by atoms with E-state index in [1.54, 1.807) is 0 Å². The van der Waals surface area contributed by atoms with Gasteiger partial charge in [0.05, 0.1) is 6.37 Å². The molecule has 0 heterocycles. The van der Waals surface area contributed by atoms with Crippen molar-refractivity contribution in [2.45, 2.75) is 6.37 Å². The zero-order valence-electron chi connectivity index (χ0n) is 7.84. The topological polar surface area (TPSA) is 37.3 Å². The van der Waals surface area contributed by atoms with E-state index in [1.165, 1.54) is 18.2 Å². The Bertz CT molecular complexity index is 359. The predicted molar refractivity (Wildman–Crippen MR) is 47.8 cm³/mol. The van der Waals surface area contributed by atoms with E-state index in [0.717, 1.165) is 0 Å². The van der Waals surface area contributed by atoms with Gasteiger partial charge in [-0.15, -0.1) is 0 Å². The molecule has 1 aromatic carbocycles. The summed E-state index contributed by atoms with van der Waals surface area (Å²) >= 11 is 11.3. The lowest BCUT2D eigenvalue weighted by Crippen LogP contribution is -2.01. The number of halogens is 2. The van der Waals surface area contributed by atoms with Crippen molar-refractivity contribution in [3.05, 3.63) is 33.8 Å². The Morgan fingerprint density at radius 2 is 2.00 bits per heavy atom. The molecular formula is C8H6Cl2O2. The molecule has 0 bridgehead atoms. The zero-order valence-corrected chi connectivity index (χ0v) is 7.36. The van der Waals surface area contributed by atoms with Crippen molar-refractivity contribution < 1.29 is 12.6 Å². The molecule has 0 aliphatic carbocycles. The second-order valence-corrected chi connectivity index (χ2v) is 2.84. The van der Waals surface area contributed by atoms with Crippen LogP contribution in [0.3, 0.4) is 0 Å². The Morgan fingerprint density at radius 3 is 2.42 bits per heavy atom. The van der Waals surface area contributed by atoms with Gasteiger partial charge < -0.3 is 5.11 Å². The van der Waals surface area contributed by atoms with Crippen LogP contribution in [0.1, 0.15) is 8.30 Å². The number of carboxylic acids is 1. The van der Waals surface area contributed by atoms with Crippen molar-refractivity contribution in [3.8, 4) is 0 Å². The van der Waals surface area contributed by atoms with Gasteiger partial charge >= 0.3 is 5.97 Å². The van der Waals surface area contributed by atoms with Gasteiger partial charge in [-0.25, -0.2) is 0 Å². The van der Waals surface area contributed by atoms with Gasteiger partial charge in [-0.05, 0) is 12.1 Å². The Morgan fingerprint density at radius 1 is 1.50 bits per heavy atom. The van der Waals surface area contributed by atoms with Crippen molar-refractivity contribution >= 4 is 29.2 Å². The summed E-state index contributed by atoms with van der Waals surface area (Å²) in [6, 6.07) is 4.30. The number of hydrogen-bond acceptors (Lipinski definition) is 1. The second kappa shape index (κ2) is 3.78. The standard InChI is InChI=1S/C8H6Cl2O2/c9-6-2-1-3-7(10)5(6)4-8(11)12/h1-3H,4H2,(H,11,12)/i4D2.